The number of benzene rings is 1. The monoisotopic (exact) mass is 276 g/mol. The van der Waals surface area contributed by atoms with Gasteiger partial charge in [0.1, 0.15) is 11.3 Å². The summed E-state index contributed by atoms with van der Waals surface area (Å²) in [5.41, 5.74) is 2.04. The van der Waals surface area contributed by atoms with Crippen LogP contribution >= 0.6 is 0 Å². The Morgan fingerprint density at radius 3 is 1.95 bits per heavy atom. The third-order valence-electron chi connectivity index (χ3n) is 2.98. The average Bonchev–Trinajstić information content (AvgIpc) is 2.24. The minimum Gasteiger partial charge on any atom is -0.508 e. The first-order valence-electron chi connectivity index (χ1n) is 6.18. The highest BCUT2D eigenvalue weighted by molar-refractivity contribution is 6.19. The van der Waals surface area contributed by atoms with Crippen molar-refractivity contribution in [2.24, 2.45) is 0 Å². The van der Waals surface area contributed by atoms with Gasteiger partial charge >= 0.3 is 11.9 Å². The molecular weight excluding hydrogens is 260 g/mol. The lowest BCUT2D eigenvalue weighted by atomic mass is 9.99. The van der Waals surface area contributed by atoms with Crippen LogP contribution in [0, 0.1) is 13.8 Å². The third kappa shape index (κ3) is 2.66. The van der Waals surface area contributed by atoms with E-state index < -0.39 is 17.7 Å². The number of carbonyl (C=O) groups excluding carboxylic acids is 2. The number of rotatable bonds is 1. The topological polar surface area (TPSA) is 72.8 Å². The van der Waals surface area contributed by atoms with E-state index in [2.05, 4.69) is 0 Å². The molecule has 0 radical (unpaired) electrons. The summed E-state index contributed by atoms with van der Waals surface area (Å²) >= 11 is 0. The van der Waals surface area contributed by atoms with Crippen LogP contribution in [0.3, 0.4) is 0 Å². The predicted octanol–water partition coefficient (Wildman–Crippen LogP) is 2.23. The van der Waals surface area contributed by atoms with Crippen molar-refractivity contribution in [2.45, 2.75) is 33.5 Å². The van der Waals surface area contributed by atoms with Crippen LogP contribution in [0.5, 0.6) is 5.75 Å². The molecule has 5 heteroatoms. The molecule has 0 atom stereocenters. The molecule has 0 aromatic heterocycles. The van der Waals surface area contributed by atoms with E-state index in [1.54, 1.807) is 26.0 Å². The van der Waals surface area contributed by atoms with Crippen LogP contribution < -0.4 is 0 Å². The quantitative estimate of drug-likeness (QED) is 0.484. The maximum absolute atomic E-state index is 11.9. The normalized spacial score (nSPS) is 17.5. The third-order valence-corrected chi connectivity index (χ3v) is 2.98. The second kappa shape index (κ2) is 4.67. The number of cyclic esters (lactones) is 2. The molecular formula is C15H16O5. The zero-order valence-corrected chi connectivity index (χ0v) is 11.8. The van der Waals surface area contributed by atoms with E-state index in [1.165, 1.54) is 19.9 Å². The molecule has 1 aromatic rings. The molecule has 0 unspecified atom stereocenters. The highest BCUT2D eigenvalue weighted by Crippen LogP contribution is 2.27. The van der Waals surface area contributed by atoms with Gasteiger partial charge in [0.25, 0.3) is 5.79 Å². The molecule has 1 N–H and O–H groups in total. The molecule has 1 aliphatic heterocycles. The molecule has 1 heterocycles. The van der Waals surface area contributed by atoms with Crippen LogP contribution in [0.1, 0.15) is 30.5 Å². The smallest absolute Gasteiger partial charge is 0.348 e. The molecule has 0 aliphatic carbocycles. The summed E-state index contributed by atoms with van der Waals surface area (Å²) in [7, 11) is 0. The number of aromatic hydroxyl groups is 1. The van der Waals surface area contributed by atoms with Gasteiger partial charge in [-0.2, -0.15) is 0 Å². The van der Waals surface area contributed by atoms with Gasteiger partial charge in [0, 0.05) is 13.8 Å². The van der Waals surface area contributed by atoms with Crippen LogP contribution in [0.25, 0.3) is 6.08 Å². The first-order chi connectivity index (χ1) is 9.19. The van der Waals surface area contributed by atoms with E-state index in [4.69, 9.17) is 9.47 Å². The first-order valence-corrected chi connectivity index (χ1v) is 6.18. The Labute approximate surface area is 116 Å². The van der Waals surface area contributed by atoms with Crippen LogP contribution in [0.15, 0.2) is 17.7 Å². The van der Waals surface area contributed by atoms with Gasteiger partial charge in [-0.1, -0.05) is 0 Å². The number of aryl methyl sites for hydroxylation is 2. The van der Waals surface area contributed by atoms with Gasteiger partial charge in [-0.3, -0.25) is 0 Å². The standard InChI is InChI=1S/C15H16O5/c1-8-5-10(16)6-9(2)11(8)7-12-13(17)19-15(3,4)20-14(12)18/h5-7,16H,1-4H3. The van der Waals surface area contributed by atoms with Crippen molar-refractivity contribution >= 4 is 18.0 Å². The van der Waals surface area contributed by atoms with Crippen molar-refractivity contribution in [1.82, 2.24) is 0 Å². The summed E-state index contributed by atoms with van der Waals surface area (Å²) < 4.78 is 10.1. The number of phenols is 1. The van der Waals surface area contributed by atoms with E-state index in [0.29, 0.717) is 5.56 Å². The second-order valence-electron chi connectivity index (χ2n) is 5.23. The second-order valence-corrected chi connectivity index (χ2v) is 5.23. The molecule has 0 saturated carbocycles. The fourth-order valence-electron chi connectivity index (χ4n) is 2.10. The Kier molecular flexibility index (Phi) is 3.29. The van der Waals surface area contributed by atoms with E-state index in [1.807, 2.05) is 0 Å². The number of esters is 2. The lowest BCUT2D eigenvalue weighted by Gasteiger charge is -2.29. The Morgan fingerprint density at radius 2 is 1.50 bits per heavy atom. The van der Waals surface area contributed by atoms with Gasteiger partial charge in [0.15, 0.2) is 0 Å². The van der Waals surface area contributed by atoms with E-state index in [9.17, 15) is 14.7 Å². The summed E-state index contributed by atoms with van der Waals surface area (Å²) in [4.78, 5) is 23.7. The zero-order valence-electron chi connectivity index (χ0n) is 11.8. The Bertz CT molecular complexity index is 580. The molecule has 0 amide bonds. The summed E-state index contributed by atoms with van der Waals surface area (Å²) in [5.74, 6) is -2.53. The molecule has 20 heavy (non-hydrogen) atoms. The molecule has 1 aliphatic rings. The maximum atomic E-state index is 11.9. The fraction of sp³-hybridized carbons (Fsp3) is 0.333. The van der Waals surface area contributed by atoms with Crippen LogP contribution in [-0.2, 0) is 19.1 Å². The highest BCUT2D eigenvalue weighted by Gasteiger charge is 2.38. The number of hydrogen-bond acceptors (Lipinski definition) is 5. The molecule has 2 rings (SSSR count). The molecule has 0 bridgehead atoms. The van der Waals surface area contributed by atoms with Crippen molar-refractivity contribution in [2.75, 3.05) is 0 Å². The number of phenolic OH excluding ortho intramolecular Hbond substituents is 1. The van der Waals surface area contributed by atoms with Crippen LogP contribution in [0.2, 0.25) is 0 Å². The van der Waals surface area contributed by atoms with Crippen molar-refractivity contribution in [3.8, 4) is 5.75 Å². The van der Waals surface area contributed by atoms with Crippen molar-refractivity contribution in [3.63, 3.8) is 0 Å². The van der Waals surface area contributed by atoms with E-state index in [0.717, 1.165) is 11.1 Å². The SMILES string of the molecule is Cc1cc(O)cc(C)c1C=C1C(=O)OC(C)(C)OC1=O. The van der Waals surface area contributed by atoms with Crippen molar-refractivity contribution in [1.29, 1.82) is 0 Å². The molecule has 1 fully saturated rings. The van der Waals surface area contributed by atoms with Crippen molar-refractivity contribution < 1.29 is 24.2 Å². The van der Waals surface area contributed by atoms with Gasteiger partial charge in [-0.25, -0.2) is 9.59 Å². The van der Waals surface area contributed by atoms with Gasteiger partial charge < -0.3 is 14.6 Å². The molecule has 1 aromatic carbocycles. The fourth-order valence-corrected chi connectivity index (χ4v) is 2.10. The number of hydrogen-bond donors (Lipinski definition) is 1. The Balaban J connectivity index is 2.46. The lowest BCUT2D eigenvalue weighted by Crippen LogP contribution is -2.41. The van der Waals surface area contributed by atoms with E-state index >= 15 is 0 Å². The molecule has 1 saturated heterocycles. The van der Waals surface area contributed by atoms with Crippen molar-refractivity contribution in [3.05, 3.63) is 34.4 Å². The molecule has 5 nitrogen and oxygen atoms in total. The lowest BCUT2D eigenvalue weighted by molar-refractivity contribution is -0.222. The molecule has 106 valence electrons. The summed E-state index contributed by atoms with van der Waals surface area (Å²) in [6.45, 7) is 6.55. The van der Waals surface area contributed by atoms with E-state index in [-0.39, 0.29) is 11.3 Å². The van der Waals surface area contributed by atoms with Gasteiger partial charge in [0.2, 0.25) is 0 Å². The van der Waals surface area contributed by atoms with Crippen LogP contribution in [-0.4, -0.2) is 22.8 Å². The van der Waals surface area contributed by atoms with Gasteiger partial charge in [-0.05, 0) is 48.7 Å². The summed E-state index contributed by atoms with van der Waals surface area (Å²) in [6, 6.07) is 3.12. The minimum atomic E-state index is -1.25. The summed E-state index contributed by atoms with van der Waals surface area (Å²) in [6.07, 6.45) is 1.43. The first kappa shape index (κ1) is 14.1. The maximum Gasteiger partial charge on any atom is 0.348 e. The zero-order chi connectivity index (χ0) is 15.1. The number of ether oxygens (including phenoxy) is 2. The van der Waals surface area contributed by atoms with Crippen LogP contribution in [0.4, 0.5) is 0 Å². The highest BCUT2D eigenvalue weighted by atomic mass is 16.7. The Morgan fingerprint density at radius 1 is 1.05 bits per heavy atom. The molecule has 0 spiro atoms. The predicted molar refractivity (Wildman–Crippen MR) is 71.8 cm³/mol. The largest absolute Gasteiger partial charge is 0.508 e. The average molecular weight is 276 g/mol. The number of carbonyl (C=O) groups is 2. The van der Waals surface area contributed by atoms with Gasteiger partial charge in [-0.15, -0.1) is 0 Å². The van der Waals surface area contributed by atoms with Gasteiger partial charge in [0.05, 0.1) is 0 Å². The summed E-state index contributed by atoms with van der Waals surface area (Å²) in [5, 5.41) is 9.49. The Hall–Kier alpha value is -2.30. The minimum absolute atomic E-state index is 0.136.